The lowest BCUT2D eigenvalue weighted by Gasteiger charge is -2.08. The number of carbonyl (C=O) groups is 1. The molecule has 78 valence electrons. The number of rotatable bonds is 1. The summed E-state index contributed by atoms with van der Waals surface area (Å²) in [6.07, 6.45) is 0. The molecule has 0 unspecified atom stereocenters. The predicted molar refractivity (Wildman–Crippen MR) is 49.8 cm³/mol. The molecule has 0 aromatic heterocycles. The minimum Gasteiger partial charge on any atom is -0.395 e. The second-order valence-corrected chi connectivity index (χ2v) is 2.80. The fraction of sp³-hybridized carbons (Fsp3) is 0.111. The number of nitrogens with two attached hydrogens (primary N) is 1. The molecule has 4 nitrogen and oxygen atoms in total. The molecule has 3 N–H and O–H groups in total. The zero-order chi connectivity index (χ0) is 11.6. The van der Waals surface area contributed by atoms with Gasteiger partial charge in [-0.15, -0.1) is 0 Å². The van der Waals surface area contributed by atoms with Gasteiger partial charge in [0.25, 0.3) is 0 Å². The first kappa shape index (κ1) is 10.9. The highest BCUT2D eigenvalue weighted by Crippen LogP contribution is 2.27. The number of halogens is 2. The number of anilines is 2. The Balaban J connectivity index is 3.43. The minimum atomic E-state index is -1.03. The van der Waals surface area contributed by atoms with E-state index in [0.29, 0.717) is 6.07 Å². The SMILES string of the molecule is CC(=O)Nc1c(F)cc(F)c(N)c1C#N. The smallest absolute Gasteiger partial charge is 0.221 e. The van der Waals surface area contributed by atoms with E-state index in [9.17, 15) is 13.6 Å². The number of hydrogen-bond acceptors (Lipinski definition) is 3. The summed E-state index contributed by atoms with van der Waals surface area (Å²) in [4.78, 5) is 10.7. The lowest BCUT2D eigenvalue weighted by atomic mass is 10.1. The molecule has 1 rings (SSSR count). The molecule has 0 radical (unpaired) electrons. The van der Waals surface area contributed by atoms with Crippen LogP contribution in [-0.2, 0) is 4.79 Å². The second-order valence-electron chi connectivity index (χ2n) is 2.80. The van der Waals surface area contributed by atoms with Crippen LogP contribution in [0.5, 0.6) is 0 Å². The van der Waals surface area contributed by atoms with E-state index in [1.807, 2.05) is 0 Å². The van der Waals surface area contributed by atoms with Crippen LogP contribution >= 0.6 is 0 Å². The van der Waals surface area contributed by atoms with Crippen molar-refractivity contribution in [1.82, 2.24) is 0 Å². The number of nitrogens with one attached hydrogen (secondary N) is 1. The number of carbonyl (C=O) groups excluding carboxylic acids is 1. The van der Waals surface area contributed by atoms with Crippen LogP contribution in [0.15, 0.2) is 6.07 Å². The van der Waals surface area contributed by atoms with E-state index in [1.54, 1.807) is 0 Å². The third kappa shape index (κ3) is 2.02. The molecule has 0 atom stereocenters. The van der Waals surface area contributed by atoms with Crippen LogP contribution in [0.2, 0.25) is 0 Å². The topological polar surface area (TPSA) is 78.9 Å². The number of nitrogens with zero attached hydrogens (tertiary/aromatic N) is 1. The van der Waals surface area contributed by atoms with Crippen molar-refractivity contribution in [3.05, 3.63) is 23.3 Å². The van der Waals surface area contributed by atoms with Crippen molar-refractivity contribution in [2.45, 2.75) is 6.92 Å². The molecule has 0 heterocycles. The molecule has 0 spiro atoms. The molecule has 0 aliphatic heterocycles. The number of benzene rings is 1. The highest BCUT2D eigenvalue weighted by molar-refractivity contribution is 5.91. The normalized spacial score (nSPS) is 9.47. The van der Waals surface area contributed by atoms with Crippen LogP contribution < -0.4 is 11.1 Å². The summed E-state index contributed by atoms with van der Waals surface area (Å²) in [6, 6.07) is 2.05. The molecule has 0 aliphatic carbocycles. The van der Waals surface area contributed by atoms with Crippen LogP contribution in [0.25, 0.3) is 0 Å². The van der Waals surface area contributed by atoms with Crippen LogP contribution in [-0.4, -0.2) is 5.91 Å². The first-order valence-corrected chi connectivity index (χ1v) is 3.92. The Morgan fingerprint density at radius 2 is 2.13 bits per heavy atom. The monoisotopic (exact) mass is 211 g/mol. The van der Waals surface area contributed by atoms with Crippen molar-refractivity contribution < 1.29 is 13.6 Å². The number of nitriles is 1. The van der Waals surface area contributed by atoms with E-state index >= 15 is 0 Å². The molecule has 1 aromatic carbocycles. The van der Waals surface area contributed by atoms with Gasteiger partial charge in [0, 0.05) is 13.0 Å². The van der Waals surface area contributed by atoms with Crippen molar-refractivity contribution in [3.8, 4) is 6.07 Å². The minimum absolute atomic E-state index is 0.399. The van der Waals surface area contributed by atoms with Crippen molar-refractivity contribution in [2.24, 2.45) is 0 Å². The fourth-order valence-corrected chi connectivity index (χ4v) is 1.05. The summed E-state index contributed by atoms with van der Waals surface area (Å²) in [5.41, 5.74) is 3.93. The van der Waals surface area contributed by atoms with E-state index in [1.165, 1.54) is 6.07 Å². The molecular formula is C9H7F2N3O. The Hall–Kier alpha value is -2.16. The predicted octanol–water partition coefficient (Wildman–Crippen LogP) is 1.38. The van der Waals surface area contributed by atoms with Crippen LogP contribution in [0.3, 0.4) is 0 Å². The average molecular weight is 211 g/mol. The summed E-state index contributed by atoms with van der Waals surface area (Å²) in [6.45, 7) is 1.14. The Bertz CT molecular complexity index is 465. The van der Waals surface area contributed by atoms with E-state index in [4.69, 9.17) is 11.0 Å². The largest absolute Gasteiger partial charge is 0.395 e. The Morgan fingerprint density at radius 1 is 1.53 bits per heavy atom. The average Bonchev–Trinajstić information content (AvgIpc) is 2.14. The molecule has 0 fully saturated rings. The highest BCUT2D eigenvalue weighted by Gasteiger charge is 2.17. The van der Waals surface area contributed by atoms with Crippen LogP contribution in [0.1, 0.15) is 12.5 Å². The molecule has 0 saturated carbocycles. The van der Waals surface area contributed by atoms with Gasteiger partial charge in [0.05, 0.1) is 11.4 Å². The zero-order valence-corrected chi connectivity index (χ0v) is 7.77. The molecular weight excluding hydrogens is 204 g/mol. The molecule has 15 heavy (non-hydrogen) atoms. The summed E-state index contributed by atoms with van der Waals surface area (Å²) >= 11 is 0. The van der Waals surface area contributed by atoms with Crippen LogP contribution in [0.4, 0.5) is 20.2 Å². The van der Waals surface area contributed by atoms with Gasteiger partial charge in [0.1, 0.15) is 11.6 Å². The van der Waals surface area contributed by atoms with Gasteiger partial charge in [-0.25, -0.2) is 8.78 Å². The van der Waals surface area contributed by atoms with Crippen molar-refractivity contribution in [2.75, 3.05) is 11.1 Å². The molecule has 0 bridgehead atoms. The van der Waals surface area contributed by atoms with Gasteiger partial charge >= 0.3 is 0 Å². The van der Waals surface area contributed by atoms with Crippen LogP contribution in [0, 0.1) is 23.0 Å². The summed E-state index contributed by atoms with van der Waals surface area (Å²) in [7, 11) is 0. The van der Waals surface area contributed by atoms with Gasteiger partial charge in [-0.05, 0) is 0 Å². The van der Waals surface area contributed by atoms with E-state index in [2.05, 4.69) is 5.32 Å². The van der Waals surface area contributed by atoms with Crippen molar-refractivity contribution in [1.29, 1.82) is 5.26 Å². The van der Waals surface area contributed by atoms with E-state index in [-0.39, 0.29) is 0 Å². The van der Waals surface area contributed by atoms with E-state index < -0.39 is 34.5 Å². The van der Waals surface area contributed by atoms with Gasteiger partial charge in [0.15, 0.2) is 11.6 Å². The molecule has 0 aliphatic rings. The summed E-state index contributed by atoms with van der Waals surface area (Å²) < 4.78 is 26.1. The van der Waals surface area contributed by atoms with Crippen molar-refractivity contribution in [3.63, 3.8) is 0 Å². The molecule has 1 amide bonds. The van der Waals surface area contributed by atoms with Gasteiger partial charge in [-0.1, -0.05) is 0 Å². The maximum atomic E-state index is 13.2. The lowest BCUT2D eigenvalue weighted by molar-refractivity contribution is -0.114. The summed E-state index contributed by atoms with van der Waals surface area (Å²) in [5, 5.41) is 10.7. The third-order valence-corrected chi connectivity index (χ3v) is 1.68. The number of amides is 1. The Morgan fingerprint density at radius 3 is 2.60 bits per heavy atom. The molecule has 1 aromatic rings. The number of nitrogen functional groups attached to an aromatic ring is 1. The quantitative estimate of drug-likeness (QED) is 0.688. The lowest BCUT2D eigenvalue weighted by Crippen LogP contribution is -2.11. The number of hydrogen-bond donors (Lipinski definition) is 2. The second kappa shape index (κ2) is 3.92. The standard InChI is InChI=1S/C9H7F2N3O/c1-4(15)14-9-5(3-12)8(13)6(10)2-7(9)11/h2H,13H2,1H3,(H,14,15). The summed E-state index contributed by atoms with van der Waals surface area (Å²) in [5.74, 6) is -2.64. The maximum Gasteiger partial charge on any atom is 0.221 e. The first-order chi connectivity index (χ1) is 6.97. The first-order valence-electron chi connectivity index (χ1n) is 3.92. The van der Waals surface area contributed by atoms with Gasteiger partial charge in [0.2, 0.25) is 5.91 Å². The fourth-order valence-electron chi connectivity index (χ4n) is 1.05. The highest BCUT2D eigenvalue weighted by atomic mass is 19.1. The van der Waals surface area contributed by atoms with Crippen molar-refractivity contribution >= 4 is 17.3 Å². The molecule has 6 heteroatoms. The maximum absolute atomic E-state index is 13.2. The molecule has 0 saturated heterocycles. The van der Waals surface area contributed by atoms with Gasteiger partial charge < -0.3 is 11.1 Å². The Labute approximate surface area is 84.3 Å². The zero-order valence-electron chi connectivity index (χ0n) is 7.77. The van der Waals surface area contributed by atoms with E-state index in [0.717, 1.165) is 6.92 Å². The Kier molecular flexibility index (Phi) is 2.85. The van der Waals surface area contributed by atoms with Gasteiger partial charge in [-0.3, -0.25) is 4.79 Å². The third-order valence-electron chi connectivity index (χ3n) is 1.68. The van der Waals surface area contributed by atoms with Gasteiger partial charge in [-0.2, -0.15) is 5.26 Å².